The molecule has 2 N–H and O–H groups in total. The Morgan fingerprint density at radius 1 is 1.32 bits per heavy atom. The molecule has 1 amide bonds. The zero-order valence-corrected chi connectivity index (χ0v) is 13.6. The summed E-state index contributed by atoms with van der Waals surface area (Å²) >= 11 is 0. The molecule has 1 aliphatic rings. The van der Waals surface area contributed by atoms with Gasteiger partial charge < -0.3 is 10.6 Å². The molecule has 0 spiro atoms. The Morgan fingerprint density at radius 3 is 2.64 bits per heavy atom. The summed E-state index contributed by atoms with van der Waals surface area (Å²) in [6.45, 7) is 0.911. The van der Waals surface area contributed by atoms with Crippen LogP contribution >= 0.6 is 0 Å². The van der Waals surface area contributed by atoms with Gasteiger partial charge in [-0.25, -0.2) is 8.42 Å². The normalized spacial score (nSPS) is 19.4. The molecule has 7 heteroatoms. The van der Waals surface area contributed by atoms with E-state index < -0.39 is 10.0 Å². The minimum atomic E-state index is -3.64. The van der Waals surface area contributed by atoms with E-state index in [1.54, 1.807) is 23.1 Å². The first kappa shape index (κ1) is 16.9. The second-order valence-electron chi connectivity index (χ2n) is 5.55. The molecule has 1 fully saturated rings. The van der Waals surface area contributed by atoms with Gasteiger partial charge in [0.2, 0.25) is 15.9 Å². The molecular formula is C15H23N3O3S. The minimum Gasteiger partial charge on any atom is -0.337 e. The number of likely N-dealkylation sites (tertiary alicyclic amines) is 1. The molecule has 1 heterocycles. The Kier molecular flexibility index (Phi) is 5.55. The van der Waals surface area contributed by atoms with E-state index in [0.29, 0.717) is 13.1 Å². The summed E-state index contributed by atoms with van der Waals surface area (Å²) in [5.41, 5.74) is 5.71. The van der Waals surface area contributed by atoms with Crippen molar-refractivity contribution in [1.82, 2.24) is 9.21 Å². The van der Waals surface area contributed by atoms with Gasteiger partial charge in [-0.15, -0.1) is 0 Å². The number of nitrogens with two attached hydrogens (primary N) is 1. The lowest BCUT2D eigenvalue weighted by molar-refractivity contribution is -0.134. The van der Waals surface area contributed by atoms with Crippen molar-refractivity contribution in [3.8, 4) is 0 Å². The number of hydrogen-bond acceptors (Lipinski definition) is 4. The largest absolute Gasteiger partial charge is 0.337 e. The van der Waals surface area contributed by atoms with E-state index >= 15 is 0 Å². The summed E-state index contributed by atoms with van der Waals surface area (Å²) in [6.07, 6.45) is 2.89. The summed E-state index contributed by atoms with van der Waals surface area (Å²) in [6, 6.07) is 8.16. The van der Waals surface area contributed by atoms with Gasteiger partial charge in [0, 0.05) is 26.2 Å². The summed E-state index contributed by atoms with van der Waals surface area (Å²) in [5, 5.41) is 0. The zero-order valence-electron chi connectivity index (χ0n) is 12.8. The molecule has 6 nitrogen and oxygen atoms in total. The summed E-state index contributed by atoms with van der Waals surface area (Å²) in [7, 11) is -2.21. The van der Waals surface area contributed by atoms with Gasteiger partial charge in [-0.1, -0.05) is 18.2 Å². The molecule has 2 rings (SSSR count). The number of hydrogen-bond donors (Lipinski definition) is 1. The maximum absolute atomic E-state index is 12.4. The zero-order chi connectivity index (χ0) is 16.2. The van der Waals surface area contributed by atoms with E-state index in [0.717, 1.165) is 23.6 Å². The molecule has 0 aromatic heterocycles. The highest BCUT2D eigenvalue weighted by Gasteiger charge is 2.29. The van der Waals surface area contributed by atoms with Crippen LogP contribution in [0.25, 0.3) is 0 Å². The quantitative estimate of drug-likeness (QED) is 0.861. The predicted octanol–water partition coefficient (Wildman–Crippen LogP) is 0.647. The van der Waals surface area contributed by atoms with Crippen molar-refractivity contribution in [3.63, 3.8) is 0 Å². The molecule has 0 radical (unpaired) electrons. The molecule has 1 atom stereocenters. The number of carbonyl (C=O) groups is 1. The van der Waals surface area contributed by atoms with E-state index in [2.05, 4.69) is 0 Å². The average molecular weight is 325 g/mol. The Labute approximate surface area is 131 Å². The van der Waals surface area contributed by atoms with Gasteiger partial charge in [-0.3, -0.25) is 4.79 Å². The van der Waals surface area contributed by atoms with Crippen LogP contribution in [0.5, 0.6) is 0 Å². The summed E-state index contributed by atoms with van der Waals surface area (Å²) in [5.74, 6) is -0.183. The number of carbonyl (C=O) groups excluding carboxylic acids is 1. The third kappa shape index (κ3) is 3.66. The number of nitrogens with zero attached hydrogens (tertiary/aromatic N) is 2. The second kappa shape index (κ2) is 7.21. The molecule has 0 bridgehead atoms. The van der Waals surface area contributed by atoms with Crippen molar-refractivity contribution in [1.29, 1.82) is 0 Å². The van der Waals surface area contributed by atoms with Crippen LogP contribution in [0.1, 0.15) is 19.3 Å². The number of amides is 1. The van der Waals surface area contributed by atoms with Crippen molar-refractivity contribution in [2.75, 3.05) is 26.7 Å². The molecule has 22 heavy (non-hydrogen) atoms. The first-order valence-corrected chi connectivity index (χ1v) is 8.91. The number of sulfonamides is 1. The highest BCUT2D eigenvalue weighted by molar-refractivity contribution is 7.89. The predicted molar refractivity (Wildman–Crippen MR) is 84.7 cm³/mol. The van der Waals surface area contributed by atoms with Crippen molar-refractivity contribution in [2.24, 2.45) is 5.73 Å². The standard InChI is InChI=1S/C15H23N3O3S/c1-17(22(20,21)14-8-3-2-4-9-14)12-15(19)18-10-6-5-7-13(18)11-16/h2-4,8-9,13H,5-7,10-12,16H2,1H3. The van der Waals surface area contributed by atoms with Crippen LogP contribution in [-0.4, -0.2) is 56.3 Å². The SMILES string of the molecule is CN(CC(=O)N1CCCCC1CN)S(=O)(=O)c1ccccc1. The van der Waals surface area contributed by atoms with Crippen LogP contribution in [0.15, 0.2) is 35.2 Å². The first-order valence-electron chi connectivity index (χ1n) is 7.47. The smallest absolute Gasteiger partial charge is 0.243 e. The van der Waals surface area contributed by atoms with Gasteiger partial charge in [0.15, 0.2) is 0 Å². The lowest BCUT2D eigenvalue weighted by atomic mass is 10.0. The fraction of sp³-hybridized carbons (Fsp3) is 0.533. The van der Waals surface area contributed by atoms with Crippen molar-refractivity contribution in [3.05, 3.63) is 30.3 Å². The molecule has 122 valence electrons. The number of likely N-dealkylation sites (N-methyl/N-ethyl adjacent to an activating group) is 1. The van der Waals surface area contributed by atoms with Crippen molar-refractivity contribution >= 4 is 15.9 Å². The van der Waals surface area contributed by atoms with E-state index in [1.165, 1.54) is 19.2 Å². The molecule has 1 aromatic carbocycles. The summed E-state index contributed by atoms with van der Waals surface area (Å²) < 4.78 is 26.0. The van der Waals surface area contributed by atoms with Gasteiger partial charge in [0.05, 0.1) is 11.4 Å². The third-order valence-electron chi connectivity index (χ3n) is 4.03. The van der Waals surface area contributed by atoms with Crippen LogP contribution < -0.4 is 5.73 Å². The molecule has 1 aromatic rings. The lowest BCUT2D eigenvalue weighted by Gasteiger charge is -2.35. The van der Waals surface area contributed by atoms with Gasteiger partial charge >= 0.3 is 0 Å². The van der Waals surface area contributed by atoms with Crippen molar-refractivity contribution < 1.29 is 13.2 Å². The van der Waals surface area contributed by atoms with Crippen LogP contribution in [0.3, 0.4) is 0 Å². The number of piperidine rings is 1. The van der Waals surface area contributed by atoms with Crippen molar-refractivity contribution in [2.45, 2.75) is 30.2 Å². The molecule has 1 aliphatic heterocycles. The fourth-order valence-electron chi connectivity index (χ4n) is 2.71. The van der Waals surface area contributed by atoms with Gasteiger partial charge in [0.25, 0.3) is 0 Å². The molecule has 0 aliphatic carbocycles. The lowest BCUT2D eigenvalue weighted by Crippen LogP contribution is -2.50. The van der Waals surface area contributed by atoms with Crippen LogP contribution in [0.2, 0.25) is 0 Å². The maximum atomic E-state index is 12.4. The fourth-order valence-corrected chi connectivity index (χ4v) is 3.85. The van der Waals surface area contributed by atoms with Gasteiger partial charge in [-0.2, -0.15) is 4.31 Å². The van der Waals surface area contributed by atoms with Gasteiger partial charge in [-0.05, 0) is 31.4 Å². The van der Waals surface area contributed by atoms with E-state index in [9.17, 15) is 13.2 Å². The van der Waals surface area contributed by atoms with E-state index in [4.69, 9.17) is 5.73 Å². The topological polar surface area (TPSA) is 83.7 Å². The maximum Gasteiger partial charge on any atom is 0.243 e. The Balaban J connectivity index is 2.07. The van der Waals surface area contributed by atoms with E-state index in [-0.39, 0.29) is 23.4 Å². The minimum absolute atomic E-state index is 0.0223. The first-order chi connectivity index (χ1) is 10.5. The second-order valence-corrected chi connectivity index (χ2v) is 7.59. The highest BCUT2D eigenvalue weighted by Crippen LogP contribution is 2.18. The Morgan fingerprint density at radius 2 is 2.00 bits per heavy atom. The Hall–Kier alpha value is -1.44. The molecule has 1 saturated heterocycles. The third-order valence-corrected chi connectivity index (χ3v) is 5.85. The molecule has 0 saturated carbocycles. The highest BCUT2D eigenvalue weighted by atomic mass is 32.2. The van der Waals surface area contributed by atoms with Gasteiger partial charge in [0.1, 0.15) is 0 Å². The summed E-state index contributed by atoms with van der Waals surface area (Å²) in [4.78, 5) is 14.3. The molecule has 1 unspecified atom stereocenters. The van der Waals surface area contributed by atoms with Crippen LogP contribution in [-0.2, 0) is 14.8 Å². The van der Waals surface area contributed by atoms with Crippen LogP contribution in [0, 0.1) is 0 Å². The average Bonchev–Trinajstić information content (AvgIpc) is 2.55. The van der Waals surface area contributed by atoms with Crippen LogP contribution in [0.4, 0.5) is 0 Å². The van der Waals surface area contributed by atoms with E-state index in [1.807, 2.05) is 0 Å². The number of rotatable bonds is 5. The molecular weight excluding hydrogens is 302 g/mol. The monoisotopic (exact) mass is 325 g/mol. The number of benzene rings is 1. The Bertz CT molecular complexity index is 604.